The van der Waals surface area contributed by atoms with E-state index in [0.29, 0.717) is 5.92 Å². The summed E-state index contributed by atoms with van der Waals surface area (Å²) in [4.78, 5) is 4.79. The number of hydrogen-bond acceptors (Lipinski definition) is 2. The topological polar surface area (TPSA) is 41.7 Å². The first kappa shape index (κ1) is 25.0. The van der Waals surface area contributed by atoms with E-state index in [2.05, 4.69) is 127 Å². The number of rotatable bonds is 6. The van der Waals surface area contributed by atoms with Gasteiger partial charge in [0.2, 0.25) is 0 Å². The molecule has 1 aliphatic carbocycles. The van der Waals surface area contributed by atoms with Crippen molar-refractivity contribution in [1.82, 2.24) is 9.55 Å². The zero-order valence-corrected chi connectivity index (χ0v) is 23.1. The summed E-state index contributed by atoms with van der Waals surface area (Å²) in [6, 6.07) is 37.0. The molecule has 0 fully saturated rings. The fraction of sp³-hybridized carbons (Fsp3) is 0.105. The summed E-state index contributed by atoms with van der Waals surface area (Å²) in [7, 11) is 0. The molecule has 1 unspecified atom stereocenters. The molecule has 3 heteroatoms. The molecule has 0 spiro atoms. The van der Waals surface area contributed by atoms with Gasteiger partial charge in [-0.05, 0) is 65.3 Å². The highest BCUT2D eigenvalue weighted by Gasteiger charge is 2.25. The SMILES string of the molecule is CC/C(=C\C=N)c1ccc(-c2ccc3c(ccc4c5c(n(-c6ccccc6)c43)CC(c3ccccc3)C=C5)c2)nc1. The predicted molar refractivity (Wildman–Crippen MR) is 173 cm³/mol. The van der Waals surface area contributed by atoms with Crippen LogP contribution in [-0.4, -0.2) is 15.8 Å². The average molecular weight is 530 g/mol. The second kappa shape index (κ2) is 10.5. The Morgan fingerprint density at radius 2 is 1.68 bits per heavy atom. The Balaban J connectivity index is 1.37. The number of nitrogens with zero attached hydrogens (tertiary/aromatic N) is 2. The zero-order chi connectivity index (χ0) is 27.8. The zero-order valence-electron chi connectivity index (χ0n) is 23.1. The van der Waals surface area contributed by atoms with Crippen LogP contribution in [0.3, 0.4) is 0 Å². The standard InChI is InChI=1S/C38H31N3/c1-2-26(21-22-39)31-16-20-36(40-25-31)30-15-17-33-29(23-30)14-19-35-34-18-13-28(27-9-5-3-6-10-27)24-37(34)41(38(33)35)32-11-7-4-8-12-32/h3-23,25,28,39H,2,24H2,1H3/b26-21+,39-22?. The summed E-state index contributed by atoms with van der Waals surface area (Å²) in [6.07, 6.45) is 11.6. The van der Waals surface area contributed by atoms with E-state index in [1.807, 2.05) is 12.3 Å². The van der Waals surface area contributed by atoms with Crippen molar-refractivity contribution in [2.45, 2.75) is 25.7 Å². The van der Waals surface area contributed by atoms with Gasteiger partial charge in [-0.3, -0.25) is 4.98 Å². The number of para-hydroxylation sites is 1. The van der Waals surface area contributed by atoms with Crippen molar-refractivity contribution >= 4 is 39.5 Å². The molecule has 4 aromatic carbocycles. The van der Waals surface area contributed by atoms with Crippen molar-refractivity contribution in [3.63, 3.8) is 0 Å². The highest BCUT2D eigenvalue weighted by molar-refractivity contribution is 6.11. The molecule has 0 aliphatic heterocycles. The van der Waals surface area contributed by atoms with Gasteiger partial charge < -0.3 is 9.98 Å². The normalized spacial score (nSPS) is 14.9. The van der Waals surface area contributed by atoms with Crippen LogP contribution in [0.1, 0.15) is 41.6 Å². The smallest absolute Gasteiger partial charge is 0.0702 e. The van der Waals surface area contributed by atoms with E-state index in [1.54, 1.807) is 0 Å². The number of nitrogens with one attached hydrogen (secondary N) is 1. The van der Waals surface area contributed by atoms with Crippen molar-refractivity contribution in [2.75, 3.05) is 0 Å². The molecule has 41 heavy (non-hydrogen) atoms. The maximum absolute atomic E-state index is 7.43. The Bertz CT molecular complexity index is 1940. The average Bonchev–Trinajstić information content (AvgIpc) is 3.38. The van der Waals surface area contributed by atoms with Gasteiger partial charge in [0.05, 0.1) is 11.2 Å². The largest absolute Gasteiger partial charge is 0.312 e. The lowest BCUT2D eigenvalue weighted by molar-refractivity contribution is 0.783. The molecule has 0 radical (unpaired) electrons. The maximum atomic E-state index is 7.43. The van der Waals surface area contributed by atoms with Crippen LogP contribution in [0, 0.1) is 5.41 Å². The molecule has 2 heterocycles. The lowest BCUT2D eigenvalue weighted by Gasteiger charge is -2.20. The molecule has 1 aliphatic rings. The van der Waals surface area contributed by atoms with Gasteiger partial charge in [-0.15, -0.1) is 0 Å². The fourth-order valence-corrected chi connectivity index (χ4v) is 6.28. The second-order valence-electron chi connectivity index (χ2n) is 10.7. The van der Waals surface area contributed by atoms with Gasteiger partial charge in [0.1, 0.15) is 0 Å². The van der Waals surface area contributed by atoms with Crippen LogP contribution in [0.2, 0.25) is 0 Å². The number of aromatic nitrogens is 2. The van der Waals surface area contributed by atoms with Gasteiger partial charge in [0.15, 0.2) is 0 Å². The highest BCUT2D eigenvalue weighted by atomic mass is 15.0. The minimum Gasteiger partial charge on any atom is -0.312 e. The molecule has 2 aromatic heterocycles. The Morgan fingerprint density at radius 3 is 2.41 bits per heavy atom. The van der Waals surface area contributed by atoms with E-state index < -0.39 is 0 Å². The number of pyridine rings is 1. The van der Waals surface area contributed by atoms with Gasteiger partial charge in [-0.25, -0.2) is 0 Å². The lowest BCUT2D eigenvalue weighted by atomic mass is 9.88. The molecule has 7 rings (SSSR count). The third-order valence-electron chi connectivity index (χ3n) is 8.33. The summed E-state index contributed by atoms with van der Waals surface area (Å²) >= 11 is 0. The molecule has 198 valence electrons. The van der Waals surface area contributed by atoms with Gasteiger partial charge in [0, 0.05) is 51.6 Å². The van der Waals surface area contributed by atoms with E-state index in [-0.39, 0.29) is 0 Å². The summed E-state index contributed by atoms with van der Waals surface area (Å²) in [5, 5.41) is 11.2. The minimum atomic E-state index is 0.351. The first-order valence-electron chi connectivity index (χ1n) is 14.3. The lowest BCUT2D eigenvalue weighted by Crippen LogP contribution is -2.09. The maximum Gasteiger partial charge on any atom is 0.0702 e. The second-order valence-corrected chi connectivity index (χ2v) is 10.7. The molecule has 3 nitrogen and oxygen atoms in total. The first-order valence-corrected chi connectivity index (χ1v) is 14.3. The summed E-state index contributed by atoms with van der Waals surface area (Å²) < 4.78 is 2.49. The molecular weight excluding hydrogens is 498 g/mol. The number of fused-ring (bicyclic) bond motifs is 5. The Hall–Kier alpha value is -5.02. The Morgan fingerprint density at radius 1 is 0.902 bits per heavy atom. The van der Waals surface area contributed by atoms with E-state index in [9.17, 15) is 0 Å². The monoisotopic (exact) mass is 529 g/mol. The van der Waals surface area contributed by atoms with Crippen LogP contribution in [0.4, 0.5) is 0 Å². The van der Waals surface area contributed by atoms with Crippen molar-refractivity contribution in [3.05, 3.63) is 144 Å². The van der Waals surface area contributed by atoms with E-state index >= 15 is 0 Å². The summed E-state index contributed by atoms with van der Waals surface area (Å²) in [5.41, 5.74) is 10.7. The van der Waals surface area contributed by atoms with Crippen LogP contribution < -0.4 is 0 Å². The molecule has 0 saturated heterocycles. The van der Waals surface area contributed by atoms with Crippen LogP contribution in [-0.2, 0) is 6.42 Å². The van der Waals surface area contributed by atoms with Crippen molar-refractivity contribution in [3.8, 4) is 16.9 Å². The molecule has 0 amide bonds. The van der Waals surface area contributed by atoms with Crippen LogP contribution >= 0.6 is 0 Å². The summed E-state index contributed by atoms with van der Waals surface area (Å²) in [5.74, 6) is 0.351. The Labute approximate surface area is 240 Å². The number of allylic oxidation sites excluding steroid dienone is 3. The molecule has 1 atom stereocenters. The molecule has 0 saturated carbocycles. The molecular formula is C38H31N3. The van der Waals surface area contributed by atoms with E-state index in [0.717, 1.165) is 35.2 Å². The summed E-state index contributed by atoms with van der Waals surface area (Å²) in [6.45, 7) is 2.11. The fourth-order valence-electron chi connectivity index (χ4n) is 6.28. The van der Waals surface area contributed by atoms with E-state index in [4.69, 9.17) is 10.4 Å². The van der Waals surface area contributed by atoms with Gasteiger partial charge >= 0.3 is 0 Å². The minimum absolute atomic E-state index is 0.351. The van der Waals surface area contributed by atoms with Gasteiger partial charge in [-0.1, -0.05) is 97.9 Å². The van der Waals surface area contributed by atoms with Crippen LogP contribution in [0.5, 0.6) is 0 Å². The Kier molecular flexibility index (Phi) is 6.41. The quantitative estimate of drug-likeness (QED) is 0.214. The number of hydrogen-bond donors (Lipinski definition) is 1. The molecule has 6 aromatic rings. The number of benzene rings is 4. The van der Waals surface area contributed by atoms with E-state index in [1.165, 1.54) is 50.4 Å². The third-order valence-corrected chi connectivity index (χ3v) is 8.33. The molecule has 1 N–H and O–H groups in total. The molecule has 0 bridgehead atoms. The van der Waals surface area contributed by atoms with Crippen LogP contribution in [0.15, 0.2) is 121 Å². The van der Waals surface area contributed by atoms with Gasteiger partial charge in [0.25, 0.3) is 0 Å². The van der Waals surface area contributed by atoms with Crippen LogP contribution in [0.25, 0.3) is 50.3 Å². The predicted octanol–water partition coefficient (Wildman–Crippen LogP) is 9.64. The highest BCUT2D eigenvalue weighted by Crippen LogP contribution is 2.41. The van der Waals surface area contributed by atoms with Crippen molar-refractivity contribution < 1.29 is 0 Å². The van der Waals surface area contributed by atoms with Gasteiger partial charge in [-0.2, -0.15) is 0 Å². The first-order chi connectivity index (χ1) is 20.2. The van der Waals surface area contributed by atoms with Crippen molar-refractivity contribution in [2.24, 2.45) is 0 Å². The third kappa shape index (κ3) is 4.40. The van der Waals surface area contributed by atoms with Crippen molar-refractivity contribution in [1.29, 1.82) is 5.41 Å².